The number of aromatic nitrogens is 1. The van der Waals surface area contributed by atoms with Crippen molar-refractivity contribution < 1.29 is 14.4 Å². The zero-order chi connectivity index (χ0) is 22.5. The molecular weight excluding hydrogens is 414 g/mol. The first kappa shape index (κ1) is 19.5. The zero-order valence-electron chi connectivity index (χ0n) is 17.9. The predicted molar refractivity (Wildman–Crippen MR) is 125 cm³/mol. The molecule has 33 heavy (non-hydrogen) atoms. The van der Waals surface area contributed by atoms with Gasteiger partial charge in [-0.3, -0.25) is 14.4 Å². The summed E-state index contributed by atoms with van der Waals surface area (Å²) in [6.07, 6.45) is 0.880. The molecule has 4 aromatic rings. The number of amides is 3. The summed E-state index contributed by atoms with van der Waals surface area (Å²) in [5, 5.41) is 1.19. The van der Waals surface area contributed by atoms with Crippen molar-refractivity contribution in [3.05, 3.63) is 101 Å². The quantitative estimate of drug-likeness (QED) is 0.436. The Morgan fingerprint density at radius 2 is 1.42 bits per heavy atom. The molecule has 6 rings (SSSR count). The largest absolute Gasteiger partial charge is 0.343 e. The molecular formula is C27H21N3O3. The maximum atomic E-state index is 13.3. The third kappa shape index (κ3) is 3.06. The van der Waals surface area contributed by atoms with Crippen molar-refractivity contribution in [2.24, 2.45) is 0 Å². The normalized spacial score (nSPS) is 15.5. The molecule has 0 saturated heterocycles. The summed E-state index contributed by atoms with van der Waals surface area (Å²) in [6.45, 7) is 2.11. The van der Waals surface area contributed by atoms with E-state index in [0.29, 0.717) is 35.5 Å². The lowest BCUT2D eigenvalue weighted by Crippen LogP contribution is -2.31. The number of fused-ring (bicyclic) bond motifs is 4. The number of benzene rings is 3. The van der Waals surface area contributed by atoms with Crippen LogP contribution in [0.1, 0.15) is 43.2 Å². The lowest BCUT2D eigenvalue weighted by Gasteiger charge is -2.21. The summed E-state index contributed by atoms with van der Waals surface area (Å²) in [6, 6.07) is 24.0. The molecule has 2 aliphatic heterocycles. The van der Waals surface area contributed by atoms with Crippen molar-refractivity contribution in [2.45, 2.75) is 19.5 Å². The Morgan fingerprint density at radius 1 is 0.758 bits per heavy atom. The highest BCUT2D eigenvalue weighted by Crippen LogP contribution is 2.29. The summed E-state index contributed by atoms with van der Waals surface area (Å²) in [7, 11) is 0. The van der Waals surface area contributed by atoms with Gasteiger partial charge in [-0.1, -0.05) is 30.3 Å². The maximum Gasteiger partial charge on any atom is 0.266 e. The topological polar surface area (TPSA) is 62.6 Å². The molecule has 0 atom stereocenters. The molecule has 0 unspecified atom stereocenters. The summed E-state index contributed by atoms with van der Waals surface area (Å²) < 4.78 is 2.30. The Balaban J connectivity index is 1.25. The second-order valence-electron chi connectivity index (χ2n) is 8.46. The molecule has 0 spiro atoms. The van der Waals surface area contributed by atoms with Gasteiger partial charge in [0, 0.05) is 29.9 Å². The SMILES string of the molecule is O=C(c1ccc(N2C(=O)c3ccccc3C2=O)cc1)N1CCCn2c(cc3ccccc32)C1. The first-order valence-corrected chi connectivity index (χ1v) is 11.1. The standard InChI is InChI=1S/C27H21N3O3/c31-25(28-14-5-15-29-21(17-28)16-19-6-1-4-9-24(19)29)18-10-12-20(13-11-18)30-26(32)22-7-2-3-8-23(22)27(30)33/h1-4,6-13,16H,5,14-15,17H2. The second kappa shape index (κ2) is 7.45. The highest BCUT2D eigenvalue weighted by molar-refractivity contribution is 6.34. The predicted octanol–water partition coefficient (Wildman–Crippen LogP) is 4.49. The molecule has 3 aromatic carbocycles. The molecule has 0 bridgehead atoms. The summed E-state index contributed by atoms with van der Waals surface area (Å²) in [5.74, 6) is -0.729. The van der Waals surface area contributed by atoms with Gasteiger partial charge in [0.15, 0.2) is 0 Å². The van der Waals surface area contributed by atoms with Crippen LogP contribution >= 0.6 is 0 Å². The van der Waals surface area contributed by atoms with Gasteiger partial charge in [0.2, 0.25) is 0 Å². The van der Waals surface area contributed by atoms with Crippen LogP contribution in [0.15, 0.2) is 78.9 Å². The number of hydrogen-bond acceptors (Lipinski definition) is 3. The van der Waals surface area contributed by atoms with Crippen molar-refractivity contribution in [1.82, 2.24) is 9.47 Å². The van der Waals surface area contributed by atoms with Gasteiger partial charge in [-0.2, -0.15) is 0 Å². The minimum atomic E-state index is -0.338. The molecule has 162 valence electrons. The van der Waals surface area contributed by atoms with Crippen LogP contribution in [0.25, 0.3) is 10.9 Å². The number of rotatable bonds is 2. The number of carbonyl (C=O) groups excluding carboxylic acids is 3. The van der Waals surface area contributed by atoms with E-state index in [-0.39, 0.29) is 17.7 Å². The van der Waals surface area contributed by atoms with Crippen LogP contribution < -0.4 is 4.90 Å². The number of carbonyl (C=O) groups is 3. The van der Waals surface area contributed by atoms with Crippen molar-refractivity contribution >= 4 is 34.3 Å². The highest BCUT2D eigenvalue weighted by Gasteiger charge is 2.36. The van der Waals surface area contributed by atoms with Gasteiger partial charge in [-0.05, 0) is 60.3 Å². The molecule has 1 aromatic heterocycles. The van der Waals surface area contributed by atoms with Crippen molar-refractivity contribution in [2.75, 3.05) is 11.4 Å². The highest BCUT2D eigenvalue weighted by atomic mass is 16.2. The molecule has 0 aliphatic carbocycles. The fourth-order valence-corrected chi connectivity index (χ4v) is 4.89. The van der Waals surface area contributed by atoms with Gasteiger partial charge in [0.25, 0.3) is 17.7 Å². The van der Waals surface area contributed by atoms with Crippen LogP contribution in [0.2, 0.25) is 0 Å². The monoisotopic (exact) mass is 435 g/mol. The number of anilines is 1. The average molecular weight is 435 g/mol. The fourth-order valence-electron chi connectivity index (χ4n) is 4.89. The Hall–Kier alpha value is -4.19. The Labute approximate surface area is 190 Å². The minimum absolute atomic E-state index is 0.0531. The maximum absolute atomic E-state index is 13.3. The van der Waals surface area contributed by atoms with Gasteiger partial charge in [-0.15, -0.1) is 0 Å². The summed E-state index contributed by atoms with van der Waals surface area (Å²) >= 11 is 0. The van der Waals surface area contributed by atoms with Gasteiger partial charge in [0.1, 0.15) is 0 Å². The van der Waals surface area contributed by atoms with Gasteiger partial charge >= 0.3 is 0 Å². The number of para-hydroxylation sites is 1. The van der Waals surface area contributed by atoms with Gasteiger partial charge < -0.3 is 9.47 Å². The number of aryl methyl sites for hydroxylation is 1. The van der Waals surface area contributed by atoms with E-state index in [9.17, 15) is 14.4 Å². The summed E-state index contributed by atoms with van der Waals surface area (Å²) in [5.41, 5.74) is 4.15. The second-order valence-corrected chi connectivity index (χ2v) is 8.46. The van der Waals surface area contributed by atoms with Crippen molar-refractivity contribution in [3.8, 4) is 0 Å². The number of nitrogens with zero attached hydrogens (tertiary/aromatic N) is 3. The average Bonchev–Trinajstić information content (AvgIpc) is 3.22. The lowest BCUT2D eigenvalue weighted by molar-refractivity contribution is 0.0745. The first-order valence-electron chi connectivity index (χ1n) is 11.1. The Bertz CT molecular complexity index is 1400. The Kier molecular flexibility index (Phi) is 4.40. The zero-order valence-corrected chi connectivity index (χ0v) is 17.9. The van der Waals surface area contributed by atoms with Crippen LogP contribution in [0.3, 0.4) is 0 Å². The van der Waals surface area contributed by atoms with E-state index in [1.807, 2.05) is 17.0 Å². The molecule has 0 saturated carbocycles. The number of hydrogen-bond donors (Lipinski definition) is 0. The first-order chi connectivity index (χ1) is 16.1. The molecule has 3 amide bonds. The van der Waals surface area contributed by atoms with E-state index in [1.165, 1.54) is 15.8 Å². The molecule has 0 fully saturated rings. The lowest BCUT2D eigenvalue weighted by atomic mass is 10.1. The molecule has 3 heterocycles. The molecule has 0 radical (unpaired) electrons. The number of imide groups is 1. The van der Waals surface area contributed by atoms with E-state index in [2.05, 4.69) is 22.8 Å². The van der Waals surface area contributed by atoms with Gasteiger partial charge in [-0.25, -0.2) is 4.90 Å². The van der Waals surface area contributed by atoms with Gasteiger partial charge in [0.05, 0.1) is 23.4 Å². The van der Waals surface area contributed by atoms with Crippen LogP contribution in [0, 0.1) is 0 Å². The molecule has 6 heteroatoms. The van der Waals surface area contributed by atoms with E-state index in [4.69, 9.17) is 0 Å². The molecule has 0 N–H and O–H groups in total. The third-order valence-electron chi connectivity index (χ3n) is 6.51. The summed E-state index contributed by atoms with van der Waals surface area (Å²) in [4.78, 5) is 41.8. The molecule has 6 nitrogen and oxygen atoms in total. The third-order valence-corrected chi connectivity index (χ3v) is 6.51. The van der Waals surface area contributed by atoms with E-state index >= 15 is 0 Å². The van der Waals surface area contributed by atoms with Crippen molar-refractivity contribution in [3.63, 3.8) is 0 Å². The van der Waals surface area contributed by atoms with E-state index < -0.39 is 0 Å². The van der Waals surface area contributed by atoms with Crippen LogP contribution in [0.5, 0.6) is 0 Å². The van der Waals surface area contributed by atoms with Crippen LogP contribution in [-0.4, -0.2) is 33.7 Å². The van der Waals surface area contributed by atoms with Crippen molar-refractivity contribution in [1.29, 1.82) is 0 Å². The van der Waals surface area contributed by atoms with Crippen LogP contribution in [0.4, 0.5) is 5.69 Å². The van der Waals surface area contributed by atoms with E-state index in [1.54, 1.807) is 48.5 Å². The molecule has 2 aliphatic rings. The Morgan fingerprint density at radius 3 is 2.15 bits per heavy atom. The fraction of sp³-hybridized carbons (Fsp3) is 0.148. The van der Waals surface area contributed by atoms with E-state index in [0.717, 1.165) is 18.7 Å². The minimum Gasteiger partial charge on any atom is -0.343 e. The smallest absolute Gasteiger partial charge is 0.266 e. The van der Waals surface area contributed by atoms with Crippen LogP contribution in [-0.2, 0) is 13.1 Å².